The van der Waals surface area contributed by atoms with E-state index in [0.29, 0.717) is 35.0 Å². The first-order valence-electron chi connectivity index (χ1n) is 27.4. The van der Waals surface area contributed by atoms with E-state index in [2.05, 4.69) is 88.6 Å². The molecule has 79 heavy (non-hydrogen) atoms. The van der Waals surface area contributed by atoms with Crippen molar-refractivity contribution in [3.63, 3.8) is 0 Å². The molecule has 1 spiro atoms. The summed E-state index contributed by atoms with van der Waals surface area (Å²) >= 11 is 0. The molecule has 8 aromatic rings. The molecule has 1 unspecified atom stereocenters. The number of fused-ring (bicyclic) bond motifs is 8. The van der Waals surface area contributed by atoms with E-state index in [4.69, 9.17) is 32.5 Å². The van der Waals surface area contributed by atoms with Crippen molar-refractivity contribution >= 4 is 33.5 Å². The highest BCUT2D eigenvalue weighted by Gasteiger charge is 2.44. The third-order valence-electron chi connectivity index (χ3n) is 16.0. The van der Waals surface area contributed by atoms with Gasteiger partial charge in [-0.25, -0.2) is 0 Å². The predicted molar refractivity (Wildman–Crippen MR) is 315 cm³/mol. The molecule has 1 atom stereocenters. The number of alkyl halides is 3. The predicted octanol–water partition coefficient (Wildman–Crippen LogP) is 19.1. The second kappa shape index (κ2) is 21.0. The third kappa shape index (κ3) is 11.0. The maximum Gasteiger partial charge on any atom is 0.416 e. The van der Waals surface area contributed by atoms with E-state index in [1.165, 1.54) is 5.56 Å². The molecule has 1 aliphatic carbocycles. The molecule has 0 saturated carbocycles. The van der Waals surface area contributed by atoms with Gasteiger partial charge in [-0.3, -0.25) is 0 Å². The van der Waals surface area contributed by atoms with Gasteiger partial charge in [-0.1, -0.05) is 81.3 Å². The Morgan fingerprint density at radius 3 is 1.59 bits per heavy atom. The molecule has 9 aliphatic rings. The molecule has 8 bridgehead atoms. The number of halogens is 3. The van der Waals surface area contributed by atoms with Crippen LogP contribution in [0.3, 0.4) is 0 Å². The molecule has 0 radical (unpaired) electrons. The minimum Gasteiger partial charge on any atom is -0.544 e. The monoisotopic (exact) mass is 1100 g/mol. The summed E-state index contributed by atoms with van der Waals surface area (Å²) in [4.78, 5) is 0. The van der Waals surface area contributed by atoms with Crippen molar-refractivity contribution in [2.24, 2.45) is 0 Å². The highest BCUT2D eigenvalue weighted by atomic mass is 28.4. The van der Waals surface area contributed by atoms with Gasteiger partial charge in [-0.2, -0.15) is 13.2 Å². The lowest BCUT2D eigenvalue weighted by Gasteiger charge is -2.38. The van der Waals surface area contributed by atoms with Crippen LogP contribution in [0.5, 0.6) is 51.7 Å². The van der Waals surface area contributed by atoms with Crippen molar-refractivity contribution < 1.29 is 45.7 Å². The van der Waals surface area contributed by atoms with Crippen molar-refractivity contribution in [2.75, 3.05) is 14.2 Å². The average Bonchev–Trinajstić information content (AvgIpc) is 2.64. The second-order valence-corrected chi connectivity index (χ2v) is 31.4. The molecule has 17 rings (SSSR count). The average molecular weight is 1100 g/mol. The summed E-state index contributed by atoms with van der Waals surface area (Å²) in [6, 6.07) is 50.4. The smallest absolute Gasteiger partial charge is 0.416 e. The zero-order valence-electron chi connectivity index (χ0n) is 46.2. The van der Waals surface area contributed by atoms with Crippen LogP contribution in [0.25, 0.3) is 39.1 Å². The summed E-state index contributed by atoms with van der Waals surface area (Å²) in [5.74, 6) is 6.59. The summed E-state index contributed by atoms with van der Waals surface area (Å²) in [6.07, 6.45) is 5.54. The highest BCUT2D eigenvalue weighted by Crippen LogP contribution is 2.59. The molecule has 406 valence electrons. The van der Waals surface area contributed by atoms with Gasteiger partial charge in [-0.05, 0) is 223 Å². The summed E-state index contributed by atoms with van der Waals surface area (Å²) in [7, 11) is -0.683. The molecule has 0 saturated heterocycles. The number of hydrogen-bond acceptors (Lipinski definition) is 7. The number of ether oxygens (including phenoxy) is 5. The first kappa shape index (κ1) is 53.6. The summed E-state index contributed by atoms with van der Waals surface area (Å²) in [5.41, 5.74) is 6.90. The van der Waals surface area contributed by atoms with E-state index in [-0.39, 0.29) is 0 Å². The maximum atomic E-state index is 13.6. The van der Waals surface area contributed by atoms with Crippen LogP contribution < -0.4 is 32.5 Å². The zero-order chi connectivity index (χ0) is 55.3. The zero-order valence-corrected chi connectivity index (χ0v) is 48.2. The Hall–Kier alpha value is -7.42. The van der Waals surface area contributed by atoms with Gasteiger partial charge < -0.3 is 32.5 Å². The van der Waals surface area contributed by atoms with Gasteiger partial charge in [-0.15, -0.1) is 0 Å². The first-order valence-corrected chi connectivity index (χ1v) is 33.6. The lowest BCUT2D eigenvalue weighted by molar-refractivity contribution is -0.137. The molecule has 8 aliphatic heterocycles. The van der Waals surface area contributed by atoms with E-state index >= 15 is 0 Å². The van der Waals surface area contributed by atoms with Crippen LogP contribution in [-0.4, -0.2) is 30.9 Å². The lowest BCUT2D eigenvalue weighted by atomic mass is 9.76. The minimum absolute atomic E-state index is 0.543. The first-order chi connectivity index (χ1) is 37.8. The second-order valence-electron chi connectivity index (χ2n) is 23.0. The van der Waals surface area contributed by atoms with E-state index in [0.717, 1.165) is 135 Å². The van der Waals surface area contributed by atoms with Crippen molar-refractivity contribution in [3.05, 3.63) is 191 Å². The molecule has 0 fully saturated rings. The van der Waals surface area contributed by atoms with E-state index in [9.17, 15) is 13.2 Å². The molecular weight excluding hydrogens is 1030 g/mol. The minimum atomic E-state index is -4.42. The Morgan fingerprint density at radius 1 is 0.544 bits per heavy atom. The van der Waals surface area contributed by atoms with Gasteiger partial charge in [0.05, 0.1) is 19.8 Å². The number of rotatable bonds is 3. The van der Waals surface area contributed by atoms with Crippen LogP contribution in [-0.2, 0) is 23.6 Å². The van der Waals surface area contributed by atoms with Gasteiger partial charge in [0.25, 0.3) is 0 Å². The van der Waals surface area contributed by atoms with E-state index in [1.807, 2.05) is 91.0 Å². The van der Waals surface area contributed by atoms with Crippen LogP contribution in [0.1, 0.15) is 79.3 Å². The van der Waals surface area contributed by atoms with Gasteiger partial charge in [0, 0.05) is 16.4 Å². The molecular formula is C67H67F3O7Si2. The van der Waals surface area contributed by atoms with Crippen molar-refractivity contribution in [3.8, 4) is 74.0 Å². The number of methoxy groups -OCH3 is 2. The van der Waals surface area contributed by atoms with Crippen molar-refractivity contribution in [2.45, 2.75) is 108 Å². The standard InChI is InChI=1S/C67H67F3O7Si2/c1-65(2)59-41-46(45-16-19-48(20-17-45)67(68,69)70)18-35-55(59)62-57-42-60(71-3)61(72-4)43-58(57)64-56(63(62)65)36-38-66(75-64)37-10-9-13-44-14-23-49(24-15-44)73-51-27-31-53(32-28-51)76-78(5,6)39-11-12-40-79(7,8)77-54-33-29-52(30-34-54)74-50-25-21-47(66)22-26-50/h14-36,38,41-43H,9-13,37,39-40H2,1-8H3. The summed E-state index contributed by atoms with van der Waals surface area (Å²) in [6.45, 7) is 13.6. The number of benzene rings is 8. The topological polar surface area (TPSA) is 64.6 Å². The van der Waals surface area contributed by atoms with Crippen molar-refractivity contribution in [1.82, 2.24) is 0 Å². The molecule has 12 heteroatoms. The van der Waals surface area contributed by atoms with Crippen molar-refractivity contribution in [1.29, 1.82) is 0 Å². The Morgan fingerprint density at radius 2 is 1.05 bits per heavy atom. The number of hydrogen-bond donors (Lipinski definition) is 0. The van der Waals surface area contributed by atoms with Gasteiger partial charge >= 0.3 is 6.18 Å². The van der Waals surface area contributed by atoms with Crippen LogP contribution in [0.15, 0.2) is 158 Å². The molecule has 0 aromatic heterocycles. The fourth-order valence-corrected chi connectivity index (χ4v) is 15.8. The number of aryl methyl sites for hydroxylation is 1. The van der Waals surface area contributed by atoms with Gasteiger partial charge in [0.2, 0.25) is 16.6 Å². The summed E-state index contributed by atoms with van der Waals surface area (Å²) < 4.78 is 86.5. The van der Waals surface area contributed by atoms with Crippen LogP contribution in [0.4, 0.5) is 13.2 Å². The molecule has 0 amide bonds. The largest absolute Gasteiger partial charge is 0.544 e. The Bertz CT molecular complexity index is 3550. The van der Waals surface area contributed by atoms with Crippen LogP contribution in [0.2, 0.25) is 38.3 Å². The Labute approximate surface area is 464 Å². The Balaban J connectivity index is 0.952. The van der Waals surface area contributed by atoms with Gasteiger partial charge in [0.1, 0.15) is 40.2 Å². The fourth-order valence-electron chi connectivity index (χ4n) is 11.8. The van der Waals surface area contributed by atoms with Crippen LogP contribution >= 0.6 is 0 Å². The fraction of sp³-hybridized carbons (Fsp3) is 0.284. The normalized spacial score (nSPS) is 18.5. The van der Waals surface area contributed by atoms with Crippen LogP contribution in [0, 0.1) is 0 Å². The molecule has 8 heterocycles. The SMILES string of the molecule is COc1cc2c3c(c4c(c2cc1OC)-c1ccc(-c2ccc(C(F)(F)F)cc2)cc1C4(C)C)C=CC1(CCCCc2ccc(cc2)Oc2ccc(cc2)O[Si](C)(C)CCCC[Si](C)(C)Oc2ccc(cc2)Oc2ccc1cc2)O3. The molecule has 8 aromatic carbocycles. The van der Waals surface area contributed by atoms with E-state index < -0.39 is 39.4 Å². The maximum absolute atomic E-state index is 13.6. The lowest BCUT2D eigenvalue weighted by Crippen LogP contribution is -2.35. The highest BCUT2D eigenvalue weighted by molar-refractivity contribution is 6.72. The van der Waals surface area contributed by atoms with Gasteiger partial charge in [0.15, 0.2) is 17.1 Å². The quantitative estimate of drug-likeness (QED) is 0.163. The van der Waals surface area contributed by atoms with E-state index in [1.54, 1.807) is 26.4 Å². The third-order valence-corrected chi connectivity index (χ3v) is 20.7. The molecule has 7 nitrogen and oxygen atoms in total. The Kier molecular flexibility index (Phi) is 14.2. The molecule has 0 N–H and O–H groups in total. The summed E-state index contributed by atoms with van der Waals surface area (Å²) in [5, 5.41) is 1.83.